The second kappa shape index (κ2) is 6.48. The molecule has 0 aliphatic heterocycles. The fourth-order valence-electron chi connectivity index (χ4n) is 1.47. The van der Waals surface area contributed by atoms with E-state index in [4.69, 9.17) is 14.2 Å². The molecule has 0 radical (unpaired) electrons. The van der Waals surface area contributed by atoms with Crippen LogP contribution in [-0.4, -0.2) is 39.1 Å². The van der Waals surface area contributed by atoms with Crippen molar-refractivity contribution in [1.82, 2.24) is 0 Å². The molecule has 90 valence electrons. The lowest BCUT2D eigenvalue weighted by Crippen LogP contribution is -2.25. The average Bonchev–Trinajstić information content (AvgIpc) is 2.35. The number of methoxy groups -OCH3 is 3. The summed E-state index contributed by atoms with van der Waals surface area (Å²) in [4.78, 5) is 0. The van der Waals surface area contributed by atoms with Crippen LogP contribution in [0.4, 0.5) is 0 Å². The molecule has 0 aliphatic rings. The summed E-state index contributed by atoms with van der Waals surface area (Å²) < 4.78 is 15.2. The molecule has 0 heterocycles. The lowest BCUT2D eigenvalue weighted by molar-refractivity contribution is -0.0523. The van der Waals surface area contributed by atoms with Crippen molar-refractivity contribution in [3.8, 4) is 5.75 Å². The molecule has 2 unspecified atom stereocenters. The third-order valence-electron chi connectivity index (χ3n) is 2.44. The Morgan fingerprint density at radius 3 is 2.19 bits per heavy atom. The summed E-state index contributed by atoms with van der Waals surface area (Å²) in [5.41, 5.74) is 0.782. The van der Waals surface area contributed by atoms with Gasteiger partial charge in [-0.15, -0.1) is 0 Å². The van der Waals surface area contributed by atoms with Crippen LogP contribution in [0.1, 0.15) is 11.7 Å². The SMILES string of the molecule is COCC(OC)C(O)c1ccc(OC)cc1. The molecular formula is C12H18O4. The molecule has 0 spiro atoms. The highest BCUT2D eigenvalue weighted by molar-refractivity contribution is 5.28. The van der Waals surface area contributed by atoms with Crippen LogP contribution in [0.2, 0.25) is 0 Å². The fraction of sp³-hybridized carbons (Fsp3) is 0.500. The molecule has 16 heavy (non-hydrogen) atoms. The normalized spacial score (nSPS) is 14.5. The first-order chi connectivity index (χ1) is 7.72. The van der Waals surface area contributed by atoms with Gasteiger partial charge in [0.2, 0.25) is 0 Å². The highest BCUT2D eigenvalue weighted by Gasteiger charge is 2.20. The second-order valence-electron chi connectivity index (χ2n) is 3.45. The maximum Gasteiger partial charge on any atom is 0.118 e. The maximum atomic E-state index is 10.0. The van der Waals surface area contributed by atoms with Gasteiger partial charge in [-0.2, -0.15) is 0 Å². The standard InChI is InChI=1S/C12H18O4/c1-14-8-11(16-3)12(13)9-4-6-10(15-2)7-5-9/h4-7,11-13H,8H2,1-3H3. The summed E-state index contributed by atoms with van der Waals surface area (Å²) >= 11 is 0. The minimum absolute atomic E-state index is 0.351. The van der Waals surface area contributed by atoms with E-state index in [1.54, 1.807) is 33.5 Å². The minimum Gasteiger partial charge on any atom is -0.497 e. The highest BCUT2D eigenvalue weighted by Crippen LogP contribution is 2.21. The molecule has 0 amide bonds. The quantitative estimate of drug-likeness (QED) is 0.796. The zero-order valence-corrected chi connectivity index (χ0v) is 9.84. The van der Waals surface area contributed by atoms with Crippen molar-refractivity contribution in [3.63, 3.8) is 0 Å². The summed E-state index contributed by atoms with van der Waals surface area (Å²) in [5, 5.41) is 10.0. The van der Waals surface area contributed by atoms with Gasteiger partial charge in [0.1, 0.15) is 18.0 Å². The smallest absolute Gasteiger partial charge is 0.118 e. The third kappa shape index (κ3) is 3.20. The van der Waals surface area contributed by atoms with Gasteiger partial charge in [-0.3, -0.25) is 0 Å². The van der Waals surface area contributed by atoms with E-state index in [2.05, 4.69) is 0 Å². The Balaban J connectivity index is 2.73. The molecule has 0 aromatic heterocycles. The molecule has 2 atom stereocenters. The minimum atomic E-state index is -0.698. The van der Waals surface area contributed by atoms with Crippen molar-refractivity contribution < 1.29 is 19.3 Å². The van der Waals surface area contributed by atoms with Crippen LogP contribution in [0.3, 0.4) is 0 Å². The van der Waals surface area contributed by atoms with Crippen LogP contribution in [-0.2, 0) is 9.47 Å². The Morgan fingerprint density at radius 1 is 1.12 bits per heavy atom. The van der Waals surface area contributed by atoms with Crippen LogP contribution >= 0.6 is 0 Å². The van der Waals surface area contributed by atoms with E-state index in [1.165, 1.54) is 0 Å². The van der Waals surface area contributed by atoms with Crippen molar-refractivity contribution in [3.05, 3.63) is 29.8 Å². The van der Waals surface area contributed by atoms with E-state index in [0.717, 1.165) is 11.3 Å². The molecule has 0 saturated heterocycles. The van der Waals surface area contributed by atoms with Gasteiger partial charge in [-0.25, -0.2) is 0 Å². The summed E-state index contributed by atoms with van der Waals surface area (Å²) in [7, 11) is 4.73. The highest BCUT2D eigenvalue weighted by atomic mass is 16.5. The molecule has 0 fully saturated rings. The number of benzene rings is 1. The number of aliphatic hydroxyl groups is 1. The van der Waals surface area contributed by atoms with Crippen molar-refractivity contribution >= 4 is 0 Å². The van der Waals surface area contributed by atoms with Gasteiger partial charge >= 0.3 is 0 Å². The van der Waals surface area contributed by atoms with Gasteiger partial charge in [0.15, 0.2) is 0 Å². The van der Waals surface area contributed by atoms with Gasteiger partial charge in [-0.05, 0) is 17.7 Å². The third-order valence-corrected chi connectivity index (χ3v) is 2.44. The summed E-state index contributed by atoms with van der Waals surface area (Å²) in [5.74, 6) is 0.761. The lowest BCUT2D eigenvalue weighted by atomic mass is 10.0. The molecule has 1 aromatic rings. The predicted octanol–water partition coefficient (Wildman–Crippen LogP) is 1.39. The zero-order chi connectivity index (χ0) is 12.0. The van der Waals surface area contributed by atoms with Crippen molar-refractivity contribution in [2.75, 3.05) is 27.9 Å². The predicted molar refractivity (Wildman–Crippen MR) is 60.6 cm³/mol. The molecule has 1 N–H and O–H groups in total. The first-order valence-electron chi connectivity index (χ1n) is 5.06. The largest absolute Gasteiger partial charge is 0.497 e. The van der Waals surface area contributed by atoms with Gasteiger partial charge in [0.25, 0.3) is 0 Å². The van der Waals surface area contributed by atoms with Crippen LogP contribution in [0.15, 0.2) is 24.3 Å². The van der Waals surface area contributed by atoms with E-state index in [0.29, 0.717) is 6.61 Å². The van der Waals surface area contributed by atoms with Crippen molar-refractivity contribution in [2.24, 2.45) is 0 Å². The fourth-order valence-corrected chi connectivity index (χ4v) is 1.47. The second-order valence-corrected chi connectivity index (χ2v) is 3.45. The van der Waals surface area contributed by atoms with E-state index in [9.17, 15) is 5.11 Å². The Kier molecular flexibility index (Phi) is 5.25. The Bertz CT molecular complexity index is 296. The summed E-state index contributed by atoms with van der Waals surface area (Å²) in [6, 6.07) is 7.23. The monoisotopic (exact) mass is 226 g/mol. The van der Waals surface area contributed by atoms with Crippen LogP contribution in [0.5, 0.6) is 5.75 Å². The molecule has 4 heteroatoms. The van der Waals surface area contributed by atoms with Crippen molar-refractivity contribution in [2.45, 2.75) is 12.2 Å². The lowest BCUT2D eigenvalue weighted by Gasteiger charge is -2.21. The molecule has 1 rings (SSSR count). The molecule has 0 saturated carbocycles. The Labute approximate surface area is 95.8 Å². The number of hydrogen-bond acceptors (Lipinski definition) is 4. The van der Waals surface area contributed by atoms with E-state index in [1.807, 2.05) is 12.1 Å². The molecule has 1 aromatic carbocycles. The number of ether oxygens (including phenoxy) is 3. The van der Waals surface area contributed by atoms with Crippen LogP contribution in [0.25, 0.3) is 0 Å². The van der Waals surface area contributed by atoms with Gasteiger partial charge in [0.05, 0.1) is 13.7 Å². The van der Waals surface area contributed by atoms with Crippen molar-refractivity contribution in [1.29, 1.82) is 0 Å². The topological polar surface area (TPSA) is 47.9 Å². The number of aliphatic hydroxyl groups excluding tert-OH is 1. The molecule has 0 aliphatic carbocycles. The molecule has 0 bridgehead atoms. The summed E-state index contributed by atoms with van der Waals surface area (Å²) in [6.45, 7) is 0.351. The zero-order valence-electron chi connectivity index (χ0n) is 9.84. The molecule has 4 nitrogen and oxygen atoms in total. The van der Waals surface area contributed by atoms with Gasteiger partial charge in [-0.1, -0.05) is 12.1 Å². The number of hydrogen-bond donors (Lipinski definition) is 1. The van der Waals surface area contributed by atoms with E-state index >= 15 is 0 Å². The average molecular weight is 226 g/mol. The Morgan fingerprint density at radius 2 is 1.75 bits per heavy atom. The van der Waals surface area contributed by atoms with Gasteiger partial charge < -0.3 is 19.3 Å². The Hall–Kier alpha value is -1.10. The number of rotatable bonds is 6. The summed E-state index contributed by atoms with van der Waals surface area (Å²) in [6.07, 6.45) is -1.06. The maximum absolute atomic E-state index is 10.0. The van der Waals surface area contributed by atoms with E-state index < -0.39 is 6.10 Å². The molecular weight excluding hydrogens is 208 g/mol. The van der Waals surface area contributed by atoms with Gasteiger partial charge in [0, 0.05) is 14.2 Å². The van der Waals surface area contributed by atoms with Crippen LogP contribution in [0, 0.1) is 0 Å². The van der Waals surface area contributed by atoms with E-state index in [-0.39, 0.29) is 6.10 Å². The van der Waals surface area contributed by atoms with Crippen LogP contribution < -0.4 is 4.74 Å². The first-order valence-corrected chi connectivity index (χ1v) is 5.06. The first kappa shape index (κ1) is 13.0.